The number of hydrogen-bond donors (Lipinski definition) is 1. The summed E-state index contributed by atoms with van der Waals surface area (Å²) in [5.41, 5.74) is 0.0587. The molecule has 2 fully saturated rings. The average molecular weight is 486 g/mol. The van der Waals surface area contributed by atoms with Crippen LogP contribution in [0.1, 0.15) is 57.8 Å². The number of aromatic nitrogens is 2. The number of carbonyl (C=O) groups is 1. The Hall–Kier alpha value is -2.68. The third-order valence-corrected chi connectivity index (χ3v) is 8.00. The fourth-order valence-corrected chi connectivity index (χ4v) is 6.49. The first-order chi connectivity index (χ1) is 16.0. The molecule has 0 spiro atoms. The smallest absolute Gasteiger partial charge is 0.281 e. The molecule has 2 aliphatic heterocycles. The molecule has 2 aliphatic rings. The van der Waals surface area contributed by atoms with Crippen molar-refractivity contribution in [3.05, 3.63) is 42.1 Å². The van der Waals surface area contributed by atoms with Gasteiger partial charge in [-0.1, -0.05) is 26.8 Å². The number of hydrogen-bond acceptors (Lipinski definition) is 7. The van der Waals surface area contributed by atoms with Crippen LogP contribution in [0.4, 0.5) is 11.6 Å². The van der Waals surface area contributed by atoms with Crippen LogP contribution < -0.4 is 14.5 Å². The lowest BCUT2D eigenvalue weighted by Crippen LogP contribution is -2.41. The second-order valence-corrected chi connectivity index (χ2v) is 12.4. The molecule has 2 aromatic rings. The van der Waals surface area contributed by atoms with Gasteiger partial charge in [-0.2, -0.15) is 8.42 Å². The maximum Gasteiger partial charge on any atom is 0.281 e. The lowest BCUT2D eigenvalue weighted by Gasteiger charge is -2.35. The molecule has 4 rings (SSSR count). The number of rotatable bonds is 5. The van der Waals surface area contributed by atoms with E-state index in [9.17, 15) is 13.2 Å². The molecule has 9 heteroatoms. The normalized spacial score (nSPS) is 24.8. The molecule has 3 atom stereocenters. The zero-order chi connectivity index (χ0) is 24.7. The van der Waals surface area contributed by atoms with Crippen molar-refractivity contribution >= 4 is 27.6 Å². The van der Waals surface area contributed by atoms with Crippen molar-refractivity contribution in [1.29, 1.82) is 0 Å². The van der Waals surface area contributed by atoms with E-state index in [2.05, 4.69) is 59.1 Å². The highest BCUT2D eigenvalue weighted by Crippen LogP contribution is 2.37. The maximum atomic E-state index is 13.2. The fraction of sp³-hybridized carbons (Fsp3) is 0.560. The summed E-state index contributed by atoms with van der Waals surface area (Å²) in [6.45, 7) is 13.2. The third-order valence-electron chi connectivity index (χ3n) is 6.76. The summed E-state index contributed by atoms with van der Waals surface area (Å²) in [6.07, 6.45) is 3.74. The van der Waals surface area contributed by atoms with Crippen molar-refractivity contribution in [3.8, 4) is 0 Å². The maximum absolute atomic E-state index is 13.2. The Kier molecular flexibility index (Phi) is 6.59. The number of anilines is 2. The molecule has 2 aromatic heterocycles. The zero-order valence-corrected chi connectivity index (χ0v) is 21.5. The van der Waals surface area contributed by atoms with Gasteiger partial charge in [0.2, 0.25) is 0 Å². The summed E-state index contributed by atoms with van der Waals surface area (Å²) in [4.78, 5) is 26.3. The second kappa shape index (κ2) is 9.17. The Bertz CT molecular complexity index is 1160. The Morgan fingerprint density at radius 1 is 1.03 bits per heavy atom. The number of sulfonamides is 1. The predicted octanol–water partition coefficient (Wildman–Crippen LogP) is 3.70. The summed E-state index contributed by atoms with van der Waals surface area (Å²) in [5, 5.41) is -0.162. The molecule has 34 heavy (non-hydrogen) atoms. The van der Waals surface area contributed by atoms with Crippen molar-refractivity contribution in [2.24, 2.45) is 17.8 Å². The van der Waals surface area contributed by atoms with E-state index in [0.29, 0.717) is 29.4 Å². The van der Waals surface area contributed by atoms with E-state index in [-0.39, 0.29) is 16.1 Å². The number of nitrogens with one attached hydrogen (secondary N) is 1. The Morgan fingerprint density at radius 2 is 1.74 bits per heavy atom. The largest absolute Gasteiger partial charge is 0.356 e. The van der Waals surface area contributed by atoms with Gasteiger partial charge in [0.1, 0.15) is 11.6 Å². The molecule has 0 saturated carbocycles. The van der Waals surface area contributed by atoms with Crippen LogP contribution in [0.15, 0.2) is 41.6 Å². The highest BCUT2D eigenvalue weighted by Gasteiger charge is 2.39. The van der Waals surface area contributed by atoms with E-state index in [1.54, 1.807) is 24.4 Å². The number of carbonyl (C=O) groups excluding carboxylic acids is 1. The summed E-state index contributed by atoms with van der Waals surface area (Å²) >= 11 is 0. The Labute approximate surface area is 202 Å². The standard InChI is InChI=1S/C25H35N5O3S/c1-17-12-18(2)15-29(14-17)21-9-6-10-22(27-21)34(32,33)28-24(31)20-8-7-11-26-23(20)30-16-19(3)13-25(30,4)5/h6-11,17-19H,12-16H2,1-5H3,(H,28,31). The summed E-state index contributed by atoms with van der Waals surface area (Å²) < 4.78 is 28.5. The van der Waals surface area contributed by atoms with Crippen LogP contribution >= 0.6 is 0 Å². The zero-order valence-electron chi connectivity index (χ0n) is 20.7. The van der Waals surface area contributed by atoms with Crippen molar-refractivity contribution in [2.45, 2.75) is 58.0 Å². The molecule has 1 amide bonds. The van der Waals surface area contributed by atoms with Crippen LogP contribution in [0.2, 0.25) is 0 Å². The minimum absolute atomic E-state index is 0.162. The van der Waals surface area contributed by atoms with Crippen LogP contribution in [0.5, 0.6) is 0 Å². The molecule has 4 heterocycles. The monoisotopic (exact) mass is 485 g/mol. The molecule has 3 unspecified atom stereocenters. The quantitative estimate of drug-likeness (QED) is 0.690. The fourth-order valence-electron chi connectivity index (χ4n) is 5.56. The van der Waals surface area contributed by atoms with Gasteiger partial charge in [0.25, 0.3) is 15.9 Å². The van der Waals surface area contributed by atoms with Gasteiger partial charge >= 0.3 is 0 Å². The molecular formula is C25H35N5O3S. The van der Waals surface area contributed by atoms with E-state index >= 15 is 0 Å². The molecule has 0 aromatic carbocycles. The van der Waals surface area contributed by atoms with Crippen LogP contribution in [-0.2, 0) is 10.0 Å². The topological polar surface area (TPSA) is 95.5 Å². The minimum Gasteiger partial charge on any atom is -0.356 e. The van der Waals surface area contributed by atoms with Gasteiger partial charge in [0.15, 0.2) is 5.03 Å². The lowest BCUT2D eigenvalue weighted by atomic mass is 9.92. The number of piperidine rings is 1. The molecule has 0 aliphatic carbocycles. The molecule has 2 saturated heterocycles. The summed E-state index contributed by atoms with van der Waals surface area (Å²) in [6, 6.07) is 8.18. The van der Waals surface area contributed by atoms with Crippen LogP contribution in [-0.4, -0.2) is 49.5 Å². The van der Waals surface area contributed by atoms with Crippen LogP contribution in [0, 0.1) is 17.8 Å². The highest BCUT2D eigenvalue weighted by atomic mass is 32.2. The molecule has 0 bridgehead atoms. The average Bonchev–Trinajstić information content (AvgIpc) is 3.04. The molecular weight excluding hydrogens is 450 g/mol. The van der Waals surface area contributed by atoms with Gasteiger partial charge < -0.3 is 9.80 Å². The summed E-state index contributed by atoms with van der Waals surface area (Å²) in [7, 11) is -4.16. The van der Waals surface area contributed by atoms with Crippen molar-refractivity contribution < 1.29 is 13.2 Å². The molecule has 0 radical (unpaired) electrons. The highest BCUT2D eigenvalue weighted by molar-refractivity contribution is 7.90. The van der Waals surface area contributed by atoms with Gasteiger partial charge in [0.05, 0.1) is 5.56 Å². The second-order valence-electron chi connectivity index (χ2n) is 10.7. The van der Waals surface area contributed by atoms with Gasteiger partial charge in [-0.3, -0.25) is 4.79 Å². The first-order valence-electron chi connectivity index (χ1n) is 12.0. The van der Waals surface area contributed by atoms with Crippen LogP contribution in [0.25, 0.3) is 0 Å². The van der Waals surface area contributed by atoms with Crippen molar-refractivity contribution in [2.75, 3.05) is 29.4 Å². The molecule has 1 N–H and O–H groups in total. The number of pyridine rings is 2. The van der Waals surface area contributed by atoms with Gasteiger partial charge in [-0.05, 0) is 68.7 Å². The summed E-state index contributed by atoms with van der Waals surface area (Å²) in [5.74, 6) is 1.87. The van der Waals surface area contributed by atoms with E-state index in [4.69, 9.17) is 0 Å². The molecule has 184 valence electrons. The van der Waals surface area contributed by atoms with Gasteiger partial charge in [-0.25, -0.2) is 14.7 Å². The van der Waals surface area contributed by atoms with E-state index < -0.39 is 15.9 Å². The lowest BCUT2D eigenvalue weighted by molar-refractivity contribution is 0.0981. The Morgan fingerprint density at radius 3 is 2.38 bits per heavy atom. The van der Waals surface area contributed by atoms with E-state index in [1.165, 1.54) is 6.07 Å². The SMILES string of the molecule is CC1CC(C)CN(c2cccc(S(=O)(=O)NC(=O)c3cccnc3N3CC(C)CC3(C)C)n2)C1. The minimum atomic E-state index is -4.16. The van der Waals surface area contributed by atoms with E-state index in [0.717, 1.165) is 32.5 Å². The van der Waals surface area contributed by atoms with Crippen LogP contribution in [0.3, 0.4) is 0 Å². The van der Waals surface area contributed by atoms with Gasteiger partial charge in [-0.15, -0.1) is 0 Å². The third kappa shape index (κ3) is 5.04. The predicted molar refractivity (Wildman–Crippen MR) is 133 cm³/mol. The number of amides is 1. The first kappa shape index (κ1) is 24.4. The Balaban J connectivity index is 1.58. The number of nitrogens with zero attached hydrogens (tertiary/aromatic N) is 4. The van der Waals surface area contributed by atoms with Crippen molar-refractivity contribution in [3.63, 3.8) is 0 Å². The van der Waals surface area contributed by atoms with Gasteiger partial charge in [0, 0.05) is 31.4 Å². The van der Waals surface area contributed by atoms with Crippen molar-refractivity contribution in [1.82, 2.24) is 14.7 Å². The molecule has 8 nitrogen and oxygen atoms in total. The van der Waals surface area contributed by atoms with E-state index in [1.807, 2.05) is 6.07 Å². The first-order valence-corrected chi connectivity index (χ1v) is 13.5.